The van der Waals surface area contributed by atoms with Crippen LogP contribution in [0.2, 0.25) is 0 Å². The third-order valence-electron chi connectivity index (χ3n) is 3.46. The minimum Gasteiger partial charge on any atom is -0.312 e. The van der Waals surface area contributed by atoms with E-state index in [1.807, 2.05) is 6.07 Å². The van der Waals surface area contributed by atoms with E-state index in [0.717, 1.165) is 12.1 Å². The summed E-state index contributed by atoms with van der Waals surface area (Å²) in [5, 5.41) is 3.33. The summed E-state index contributed by atoms with van der Waals surface area (Å²) >= 11 is 0. The Bertz CT molecular complexity index is 369. The number of hydrogen-bond acceptors (Lipinski definition) is 1. The van der Waals surface area contributed by atoms with E-state index in [-0.39, 0.29) is 11.0 Å². The summed E-state index contributed by atoms with van der Waals surface area (Å²) in [6.45, 7) is 10.3. The Balaban J connectivity index is 2.47. The van der Waals surface area contributed by atoms with Gasteiger partial charge in [-0.05, 0) is 29.5 Å². The lowest BCUT2D eigenvalue weighted by atomic mass is 9.82. The molecule has 102 valence electrons. The zero-order valence-corrected chi connectivity index (χ0v) is 11.6. The van der Waals surface area contributed by atoms with Gasteiger partial charge in [-0.2, -0.15) is 0 Å². The van der Waals surface area contributed by atoms with E-state index in [0.29, 0.717) is 12.5 Å². The van der Waals surface area contributed by atoms with E-state index in [4.69, 9.17) is 0 Å². The van der Waals surface area contributed by atoms with Gasteiger partial charge in [-0.1, -0.05) is 45.9 Å². The Kier molecular flexibility index (Phi) is 5.27. The lowest BCUT2D eigenvalue weighted by Crippen LogP contribution is -2.29. The van der Waals surface area contributed by atoms with Crippen molar-refractivity contribution in [1.29, 1.82) is 0 Å². The quantitative estimate of drug-likeness (QED) is 0.822. The first-order valence-electron chi connectivity index (χ1n) is 6.38. The van der Waals surface area contributed by atoms with Gasteiger partial charge in [-0.15, -0.1) is 0 Å². The predicted molar refractivity (Wildman–Crippen MR) is 71.7 cm³/mol. The monoisotopic (exact) mass is 255 g/mol. The molecule has 0 bridgehead atoms. The topological polar surface area (TPSA) is 12.0 Å². The van der Waals surface area contributed by atoms with Crippen molar-refractivity contribution in [3.8, 4) is 0 Å². The maximum absolute atomic E-state index is 12.5. The van der Waals surface area contributed by atoms with Crippen LogP contribution in [0.15, 0.2) is 24.3 Å². The van der Waals surface area contributed by atoms with Crippen LogP contribution in [-0.2, 0) is 6.54 Å². The summed E-state index contributed by atoms with van der Waals surface area (Å²) in [6.07, 6.45) is -2.39. The third-order valence-corrected chi connectivity index (χ3v) is 3.46. The smallest absolute Gasteiger partial charge is 0.263 e. The van der Waals surface area contributed by atoms with Crippen LogP contribution in [0, 0.1) is 11.3 Å². The molecule has 0 amide bonds. The van der Waals surface area contributed by atoms with Crippen LogP contribution < -0.4 is 5.32 Å². The van der Waals surface area contributed by atoms with Crippen molar-refractivity contribution in [2.75, 3.05) is 6.54 Å². The van der Waals surface area contributed by atoms with Crippen LogP contribution in [-0.4, -0.2) is 6.54 Å². The number of halogens is 2. The first-order valence-corrected chi connectivity index (χ1v) is 6.38. The average molecular weight is 255 g/mol. The van der Waals surface area contributed by atoms with Gasteiger partial charge in [-0.25, -0.2) is 8.78 Å². The fourth-order valence-electron chi connectivity index (χ4n) is 1.58. The summed E-state index contributed by atoms with van der Waals surface area (Å²) in [5.74, 6) is 0.538. The molecule has 18 heavy (non-hydrogen) atoms. The molecule has 1 nitrogen and oxygen atoms in total. The highest BCUT2D eigenvalue weighted by Gasteiger charge is 2.19. The highest BCUT2D eigenvalue weighted by molar-refractivity contribution is 5.24. The first-order chi connectivity index (χ1) is 8.30. The normalized spacial score (nSPS) is 13.9. The molecule has 1 N–H and O–H groups in total. The van der Waals surface area contributed by atoms with E-state index in [1.165, 1.54) is 6.07 Å². The molecule has 0 aliphatic carbocycles. The lowest BCUT2D eigenvalue weighted by molar-refractivity contribution is 0.151. The summed E-state index contributed by atoms with van der Waals surface area (Å²) in [7, 11) is 0. The second-order valence-electron chi connectivity index (χ2n) is 5.94. The Morgan fingerprint density at radius 1 is 1.22 bits per heavy atom. The Labute approximate surface area is 109 Å². The SMILES string of the molecule is CC(CNCc1cccc(C(F)F)c1)C(C)(C)C. The second-order valence-corrected chi connectivity index (χ2v) is 5.94. The minimum atomic E-state index is -2.39. The van der Waals surface area contributed by atoms with Crippen LogP contribution in [0.1, 0.15) is 45.2 Å². The fraction of sp³-hybridized carbons (Fsp3) is 0.600. The molecule has 0 spiro atoms. The van der Waals surface area contributed by atoms with Gasteiger partial charge in [0.05, 0.1) is 0 Å². The van der Waals surface area contributed by atoms with Crippen LogP contribution in [0.3, 0.4) is 0 Å². The maximum Gasteiger partial charge on any atom is 0.263 e. The zero-order valence-electron chi connectivity index (χ0n) is 11.6. The molecule has 0 radical (unpaired) electrons. The van der Waals surface area contributed by atoms with Crippen molar-refractivity contribution in [3.05, 3.63) is 35.4 Å². The summed E-state index contributed by atoms with van der Waals surface area (Å²) in [6, 6.07) is 6.59. The van der Waals surface area contributed by atoms with Gasteiger partial charge in [0.1, 0.15) is 0 Å². The molecule has 1 aromatic rings. The molecule has 0 saturated carbocycles. The third kappa shape index (κ3) is 4.73. The van der Waals surface area contributed by atoms with Crippen LogP contribution in [0.25, 0.3) is 0 Å². The van der Waals surface area contributed by atoms with Gasteiger partial charge in [0, 0.05) is 12.1 Å². The fourth-order valence-corrected chi connectivity index (χ4v) is 1.58. The summed E-state index contributed by atoms with van der Waals surface area (Å²) in [5.41, 5.74) is 1.27. The molecule has 0 aliphatic rings. The van der Waals surface area contributed by atoms with Gasteiger partial charge in [0.25, 0.3) is 6.43 Å². The molecular weight excluding hydrogens is 232 g/mol. The number of nitrogens with one attached hydrogen (secondary N) is 1. The van der Waals surface area contributed by atoms with Crippen LogP contribution in [0.5, 0.6) is 0 Å². The van der Waals surface area contributed by atoms with Gasteiger partial charge in [-0.3, -0.25) is 0 Å². The highest BCUT2D eigenvalue weighted by atomic mass is 19.3. The number of alkyl halides is 2. The molecule has 1 aromatic carbocycles. The van der Waals surface area contributed by atoms with Crippen molar-refractivity contribution in [2.45, 2.75) is 40.7 Å². The molecule has 0 heterocycles. The number of benzene rings is 1. The van der Waals surface area contributed by atoms with Crippen molar-refractivity contribution >= 4 is 0 Å². The molecule has 1 atom stereocenters. The summed E-state index contributed by atoms with van der Waals surface area (Å²) < 4.78 is 25.1. The molecule has 1 unspecified atom stereocenters. The molecular formula is C15H23F2N. The molecule has 0 aromatic heterocycles. The van der Waals surface area contributed by atoms with E-state index in [1.54, 1.807) is 12.1 Å². The largest absolute Gasteiger partial charge is 0.312 e. The van der Waals surface area contributed by atoms with Crippen LogP contribution in [0.4, 0.5) is 8.78 Å². The Morgan fingerprint density at radius 3 is 2.44 bits per heavy atom. The predicted octanol–water partition coefficient (Wildman–Crippen LogP) is 4.40. The van der Waals surface area contributed by atoms with E-state index >= 15 is 0 Å². The second kappa shape index (κ2) is 6.28. The molecule has 0 aliphatic heterocycles. The first kappa shape index (κ1) is 15.1. The maximum atomic E-state index is 12.5. The summed E-state index contributed by atoms with van der Waals surface area (Å²) in [4.78, 5) is 0. The van der Waals surface area contributed by atoms with Gasteiger partial charge >= 0.3 is 0 Å². The highest BCUT2D eigenvalue weighted by Crippen LogP contribution is 2.24. The molecule has 3 heteroatoms. The number of hydrogen-bond donors (Lipinski definition) is 1. The van der Waals surface area contributed by atoms with Crippen molar-refractivity contribution in [2.24, 2.45) is 11.3 Å². The van der Waals surface area contributed by atoms with Gasteiger partial charge < -0.3 is 5.32 Å². The van der Waals surface area contributed by atoms with Gasteiger partial charge in [0.2, 0.25) is 0 Å². The molecule has 0 fully saturated rings. The molecule has 1 rings (SSSR count). The van der Waals surface area contributed by atoms with Crippen molar-refractivity contribution in [3.63, 3.8) is 0 Å². The van der Waals surface area contributed by atoms with Crippen LogP contribution >= 0.6 is 0 Å². The Morgan fingerprint density at radius 2 is 1.89 bits per heavy atom. The standard InChI is InChI=1S/C15H23F2N/c1-11(15(2,3)4)9-18-10-12-6-5-7-13(8-12)14(16)17/h5-8,11,14,18H,9-10H2,1-4H3. The number of rotatable bonds is 5. The lowest BCUT2D eigenvalue weighted by Gasteiger charge is -2.27. The average Bonchev–Trinajstić information content (AvgIpc) is 2.28. The van der Waals surface area contributed by atoms with Gasteiger partial charge in [0.15, 0.2) is 0 Å². The van der Waals surface area contributed by atoms with Crippen molar-refractivity contribution in [1.82, 2.24) is 5.32 Å². The zero-order chi connectivity index (χ0) is 13.8. The van der Waals surface area contributed by atoms with E-state index in [9.17, 15) is 8.78 Å². The Hall–Kier alpha value is -0.960. The minimum absolute atomic E-state index is 0.0955. The van der Waals surface area contributed by atoms with E-state index in [2.05, 4.69) is 33.0 Å². The van der Waals surface area contributed by atoms with E-state index < -0.39 is 6.43 Å². The van der Waals surface area contributed by atoms with Crippen molar-refractivity contribution < 1.29 is 8.78 Å². The molecule has 0 saturated heterocycles.